The van der Waals surface area contributed by atoms with Gasteiger partial charge in [-0.25, -0.2) is 0 Å². The highest BCUT2D eigenvalue weighted by Crippen LogP contribution is 2.42. The van der Waals surface area contributed by atoms with Gasteiger partial charge in [0.05, 0.1) is 5.69 Å². The first-order valence-corrected chi connectivity index (χ1v) is 10.8. The molecule has 0 bridgehead atoms. The molecule has 2 heterocycles. The standard InChI is InChI=1S/C23H28F3N3O/c1-2-11-27-12-5-13-28(16-15-27)19-8-9-20-21-17(19)6-3-7-18(21)22(30)29(20)14-4-10-23(24,25)26/h3,6-9H,2,4-5,10-16H2,1H3. The van der Waals surface area contributed by atoms with E-state index in [1.807, 2.05) is 24.3 Å². The fourth-order valence-corrected chi connectivity index (χ4v) is 4.72. The average molecular weight is 419 g/mol. The number of anilines is 2. The van der Waals surface area contributed by atoms with Crippen molar-refractivity contribution in [3.8, 4) is 0 Å². The van der Waals surface area contributed by atoms with Gasteiger partial charge in [-0.15, -0.1) is 0 Å². The van der Waals surface area contributed by atoms with E-state index >= 15 is 0 Å². The second-order valence-corrected chi connectivity index (χ2v) is 8.19. The maximum absolute atomic E-state index is 12.9. The van der Waals surface area contributed by atoms with E-state index in [-0.39, 0.29) is 18.9 Å². The highest BCUT2D eigenvalue weighted by atomic mass is 19.4. The third-order valence-corrected chi connectivity index (χ3v) is 6.07. The summed E-state index contributed by atoms with van der Waals surface area (Å²) in [6, 6.07) is 9.63. The van der Waals surface area contributed by atoms with Gasteiger partial charge in [0, 0.05) is 54.6 Å². The molecule has 7 heteroatoms. The Morgan fingerprint density at radius 1 is 0.967 bits per heavy atom. The van der Waals surface area contributed by atoms with Crippen LogP contribution >= 0.6 is 0 Å². The van der Waals surface area contributed by atoms with Crippen molar-refractivity contribution in [2.45, 2.75) is 38.8 Å². The van der Waals surface area contributed by atoms with E-state index in [9.17, 15) is 18.0 Å². The van der Waals surface area contributed by atoms with Crippen LogP contribution in [0.25, 0.3) is 10.8 Å². The Balaban J connectivity index is 1.61. The summed E-state index contributed by atoms with van der Waals surface area (Å²) >= 11 is 0. The van der Waals surface area contributed by atoms with Crippen LogP contribution in [0.2, 0.25) is 0 Å². The van der Waals surface area contributed by atoms with Crippen molar-refractivity contribution in [2.75, 3.05) is 49.1 Å². The van der Waals surface area contributed by atoms with Gasteiger partial charge in [0.1, 0.15) is 0 Å². The molecule has 2 aliphatic heterocycles. The van der Waals surface area contributed by atoms with Gasteiger partial charge in [0.2, 0.25) is 0 Å². The Kier molecular flexibility index (Phi) is 5.91. The first-order valence-electron chi connectivity index (χ1n) is 10.8. The summed E-state index contributed by atoms with van der Waals surface area (Å²) < 4.78 is 37.7. The molecule has 4 nitrogen and oxygen atoms in total. The summed E-state index contributed by atoms with van der Waals surface area (Å²) in [4.78, 5) is 19.3. The van der Waals surface area contributed by atoms with Gasteiger partial charge in [-0.1, -0.05) is 19.1 Å². The summed E-state index contributed by atoms with van der Waals surface area (Å²) in [6.45, 7) is 7.39. The fourth-order valence-electron chi connectivity index (χ4n) is 4.72. The van der Waals surface area contributed by atoms with Crippen molar-refractivity contribution >= 4 is 28.1 Å². The Morgan fingerprint density at radius 2 is 1.77 bits per heavy atom. The summed E-state index contributed by atoms with van der Waals surface area (Å²) in [5.74, 6) is -0.195. The maximum atomic E-state index is 12.9. The van der Waals surface area contributed by atoms with Crippen LogP contribution in [0.15, 0.2) is 30.3 Å². The Labute approximate surface area is 175 Å². The predicted octanol–water partition coefficient (Wildman–Crippen LogP) is 5.06. The van der Waals surface area contributed by atoms with Crippen molar-refractivity contribution in [3.63, 3.8) is 0 Å². The van der Waals surface area contributed by atoms with Gasteiger partial charge in [0.15, 0.2) is 0 Å². The molecule has 2 aliphatic rings. The summed E-state index contributed by atoms with van der Waals surface area (Å²) in [7, 11) is 0. The van der Waals surface area contributed by atoms with Crippen LogP contribution in [0.1, 0.15) is 43.0 Å². The molecule has 1 amide bonds. The van der Waals surface area contributed by atoms with Crippen molar-refractivity contribution < 1.29 is 18.0 Å². The number of amides is 1. The maximum Gasteiger partial charge on any atom is 0.389 e. The molecular weight excluding hydrogens is 391 g/mol. The molecule has 0 aromatic heterocycles. The van der Waals surface area contributed by atoms with E-state index in [2.05, 4.69) is 16.7 Å². The molecule has 0 spiro atoms. The Bertz CT molecular complexity index is 928. The minimum atomic E-state index is -4.20. The number of benzene rings is 2. The number of hydrogen-bond acceptors (Lipinski definition) is 3. The molecule has 0 unspecified atom stereocenters. The molecule has 0 atom stereocenters. The normalized spacial score (nSPS) is 17.8. The molecule has 162 valence electrons. The van der Waals surface area contributed by atoms with Crippen molar-refractivity contribution in [1.29, 1.82) is 0 Å². The van der Waals surface area contributed by atoms with Crippen LogP contribution in [0.4, 0.5) is 24.5 Å². The van der Waals surface area contributed by atoms with Crippen LogP contribution in [-0.2, 0) is 0 Å². The molecular formula is C23H28F3N3O. The topological polar surface area (TPSA) is 26.8 Å². The van der Waals surface area contributed by atoms with Crippen molar-refractivity contribution in [2.24, 2.45) is 0 Å². The number of carbonyl (C=O) groups excluding carboxylic acids is 1. The van der Waals surface area contributed by atoms with Gasteiger partial charge in [-0.05, 0) is 50.6 Å². The molecule has 2 aromatic rings. The SMILES string of the molecule is CCCN1CCCN(c2ccc3c4c(cccc24)C(=O)N3CCCC(F)(F)F)CC1. The van der Waals surface area contributed by atoms with Crippen LogP contribution in [0.3, 0.4) is 0 Å². The largest absolute Gasteiger partial charge is 0.389 e. The average Bonchev–Trinajstić information content (AvgIpc) is 2.85. The van der Waals surface area contributed by atoms with E-state index in [1.54, 1.807) is 6.07 Å². The lowest BCUT2D eigenvalue weighted by molar-refractivity contribution is -0.135. The summed E-state index contributed by atoms with van der Waals surface area (Å²) in [5.41, 5.74) is 2.44. The quantitative estimate of drug-likeness (QED) is 0.655. The van der Waals surface area contributed by atoms with Crippen LogP contribution in [-0.4, -0.2) is 56.3 Å². The third kappa shape index (κ3) is 4.13. The highest BCUT2D eigenvalue weighted by molar-refractivity contribution is 6.26. The molecule has 1 saturated heterocycles. The van der Waals surface area contributed by atoms with Gasteiger partial charge >= 0.3 is 6.18 Å². The first-order chi connectivity index (χ1) is 14.4. The molecule has 0 saturated carbocycles. The lowest BCUT2D eigenvalue weighted by atomic mass is 10.0. The second kappa shape index (κ2) is 8.46. The molecule has 4 rings (SSSR count). The van der Waals surface area contributed by atoms with Crippen LogP contribution < -0.4 is 9.80 Å². The van der Waals surface area contributed by atoms with Gasteiger partial charge < -0.3 is 14.7 Å². The predicted molar refractivity (Wildman–Crippen MR) is 114 cm³/mol. The number of carbonyl (C=O) groups is 1. The van der Waals surface area contributed by atoms with E-state index in [0.717, 1.165) is 67.7 Å². The summed E-state index contributed by atoms with van der Waals surface area (Å²) in [6.07, 6.45) is -2.94. The van der Waals surface area contributed by atoms with E-state index in [1.165, 1.54) is 4.90 Å². The minimum Gasteiger partial charge on any atom is -0.370 e. The second-order valence-electron chi connectivity index (χ2n) is 8.19. The van der Waals surface area contributed by atoms with Gasteiger partial charge in [-0.2, -0.15) is 13.2 Å². The molecule has 0 aliphatic carbocycles. The lowest BCUT2D eigenvalue weighted by Gasteiger charge is -2.26. The molecule has 1 fully saturated rings. The monoisotopic (exact) mass is 419 g/mol. The third-order valence-electron chi connectivity index (χ3n) is 6.07. The van der Waals surface area contributed by atoms with Crippen LogP contribution in [0.5, 0.6) is 0 Å². The van der Waals surface area contributed by atoms with Crippen LogP contribution in [0, 0.1) is 0 Å². The zero-order valence-corrected chi connectivity index (χ0v) is 17.3. The lowest BCUT2D eigenvalue weighted by Crippen LogP contribution is -2.31. The highest BCUT2D eigenvalue weighted by Gasteiger charge is 2.33. The number of alkyl halides is 3. The smallest absolute Gasteiger partial charge is 0.370 e. The van der Waals surface area contributed by atoms with Crippen molar-refractivity contribution in [1.82, 2.24) is 4.90 Å². The van der Waals surface area contributed by atoms with Gasteiger partial charge in [0.25, 0.3) is 5.91 Å². The number of rotatable bonds is 6. The molecule has 0 radical (unpaired) electrons. The number of nitrogens with zero attached hydrogens (tertiary/aromatic N) is 3. The fraction of sp³-hybridized carbons (Fsp3) is 0.522. The minimum absolute atomic E-state index is 0.0805. The Hall–Kier alpha value is -2.28. The zero-order chi connectivity index (χ0) is 21.3. The zero-order valence-electron chi connectivity index (χ0n) is 17.3. The molecule has 30 heavy (non-hydrogen) atoms. The number of hydrogen-bond donors (Lipinski definition) is 0. The molecule has 0 N–H and O–H groups in total. The first kappa shape index (κ1) is 21.0. The van der Waals surface area contributed by atoms with E-state index in [4.69, 9.17) is 0 Å². The Morgan fingerprint density at radius 3 is 2.53 bits per heavy atom. The molecule has 2 aromatic carbocycles. The summed E-state index contributed by atoms with van der Waals surface area (Å²) in [5, 5.41) is 1.89. The van der Waals surface area contributed by atoms with Crippen molar-refractivity contribution in [3.05, 3.63) is 35.9 Å². The van der Waals surface area contributed by atoms with E-state index < -0.39 is 12.6 Å². The number of halogens is 3. The van der Waals surface area contributed by atoms with E-state index in [0.29, 0.717) is 5.56 Å². The van der Waals surface area contributed by atoms with Gasteiger partial charge in [-0.3, -0.25) is 4.79 Å².